The molecule has 0 saturated carbocycles. The van der Waals surface area contributed by atoms with E-state index in [0.29, 0.717) is 30.8 Å². The second-order valence-corrected chi connectivity index (χ2v) is 5.31. The number of halogens is 1. The molecule has 5 heteroatoms. The molecule has 0 unspecified atom stereocenters. The summed E-state index contributed by atoms with van der Waals surface area (Å²) in [5.74, 6) is -0.365. The van der Waals surface area contributed by atoms with Crippen molar-refractivity contribution in [3.05, 3.63) is 59.7 Å². The molecule has 122 valence electrons. The van der Waals surface area contributed by atoms with Crippen LogP contribution in [0.15, 0.2) is 42.6 Å². The third-order valence-electron chi connectivity index (χ3n) is 3.49. The Bertz CT molecular complexity index is 646. The molecular formula is C18H22FN3O. The number of benzene rings is 1. The highest BCUT2D eigenvalue weighted by atomic mass is 19.1. The highest BCUT2D eigenvalue weighted by molar-refractivity contribution is 5.93. The Labute approximate surface area is 136 Å². The number of amides is 1. The molecule has 0 aliphatic rings. The fourth-order valence-electron chi connectivity index (χ4n) is 2.18. The van der Waals surface area contributed by atoms with E-state index in [-0.39, 0.29) is 11.7 Å². The third kappa shape index (κ3) is 5.36. The molecule has 1 amide bonds. The first-order valence-electron chi connectivity index (χ1n) is 7.92. The Morgan fingerprint density at radius 2 is 2.04 bits per heavy atom. The summed E-state index contributed by atoms with van der Waals surface area (Å²) in [6.45, 7) is 3.31. The van der Waals surface area contributed by atoms with Crippen LogP contribution in [0.3, 0.4) is 0 Å². The second-order valence-electron chi connectivity index (χ2n) is 5.31. The minimum Gasteiger partial charge on any atom is -0.385 e. The van der Waals surface area contributed by atoms with E-state index >= 15 is 0 Å². The van der Waals surface area contributed by atoms with Gasteiger partial charge in [0.05, 0.1) is 0 Å². The first-order chi connectivity index (χ1) is 11.2. The zero-order valence-electron chi connectivity index (χ0n) is 13.3. The minimum atomic E-state index is -0.194. The number of carbonyl (C=O) groups excluding carboxylic acids is 1. The van der Waals surface area contributed by atoms with Gasteiger partial charge in [0, 0.05) is 25.0 Å². The molecule has 0 fully saturated rings. The lowest BCUT2D eigenvalue weighted by molar-refractivity contribution is 0.0948. The zero-order chi connectivity index (χ0) is 16.5. The van der Waals surface area contributed by atoms with Gasteiger partial charge < -0.3 is 10.6 Å². The maximum absolute atomic E-state index is 13.5. The number of anilines is 1. The number of unbranched alkanes of at least 4 members (excludes halogenated alkanes) is 1. The van der Waals surface area contributed by atoms with Gasteiger partial charge in [0.2, 0.25) is 0 Å². The molecule has 0 saturated heterocycles. The fraction of sp³-hybridized carbons (Fsp3) is 0.333. The van der Waals surface area contributed by atoms with Gasteiger partial charge in [0.15, 0.2) is 0 Å². The Hall–Kier alpha value is -2.43. The summed E-state index contributed by atoms with van der Waals surface area (Å²) >= 11 is 0. The molecule has 2 N–H and O–H groups in total. The SMILES string of the molecule is CCCCNC(=O)c1cc(NCCc2ccccc2F)ccn1. The number of rotatable bonds is 8. The largest absolute Gasteiger partial charge is 0.385 e. The van der Waals surface area contributed by atoms with Crippen molar-refractivity contribution in [2.75, 3.05) is 18.4 Å². The average Bonchev–Trinajstić information content (AvgIpc) is 2.57. The van der Waals surface area contributed by atoms with Crippen LogP contribution in [-0.4, -0.2) is 24.0 Å². The van der Waals surface area contributed by atoms with Gasteiger partial charge in [-0.3, -0.25) is 9.78 Å². The van der Waals surface area contributed by atoms with Gasteiger partial charge in [-0.05, 0) is 36.6 Å². The Balaban J connectivity index is 1.87. The highest BCUT2D eigenvalue weighted by Crippen LogP contribution is 2.10. The van der Waals surface area contributed by atoms with Crippen molar-refractivity contribution >= 4 is 11.6 Å². The number of hydrogen-bond donors (Lipinski definition) is 2. The lowest BCUT2D eigenvalue weighted by Gasteiger charge is -2.09. The van der Waals surface area contributed by atoms with Crippen LogP contribution >= 0.6 is 0 Å². The Morgan fingerprint density at radius 1 is 1.22 bits per heavy atom. The first kappa shape index (κ1) is 16.9. The molecule has 2 rings (SSSR count). The molecule has 0 spiro atoms. The summed E-state index contributed by atoms with van der Waals surface area (Å²) < 4.78 is 13.5. The molecule has 4 nitrogen and oxygen atoms in total. The Morgan fingerprint density at radius 3 is 2.83 bits per heavy atom. The summed E-state index contributed by atoms with van der Waals surface area (Å²) in [6, 6.07) is 10.2. The van der Waals surface area contributed by atoms with Gasteiger partial charge in [0.25, 0.3) is 5.91 Å². The number of pyridine rings is 1. The average molecular weight is 315 g/mol. The highest BCUT2D eigenvalue weighted by Gasteiger charge is 2.07. The van der Waals surface area contributed by atoms with Crippen LogP contribution < -0.4 is 10.6 Å². The van der Waals surface area contributed by atoms with Crippen molar-refractivity contribution in [3.8, 4) is 0 Å². The van der Waals surface area contributed by atoms with E-state index in [1.807, 2.05) is 6.07 Å². The lowest BCUT2D eigenvalue weighted by atomic mass is 10.1. The number of carbonyl (C=O) groups is 1. The van der Waals surface area contributed by atoms with E-state index in [0.717, 1.165) is 18.5 Å². The summed E-state index contributed by atoms with van der Waals surface area (Å²) in [7, 11) is 0. The standard InChI is InChI=1S/C18H22FN3O/c1-2-3-10-22-18(23)17-13-15(9-12-21-17)20-11-8-14-6-4-5-7-16(14)19/h4-7,9,12-13H,2-3,8,10-11H2,1H3,(H,20,21)(H,22,23). The minimum absolute atomic E-state index is 0.170. The number of hydrogen-bond acceptors (Lipinski definition) is 3. The monoisotopic (exact) mass is 315 g/mol. The second kappa shape index (κ2) is 8.88. The molecular weight excluding hydrogens is 293 g/mol. The summed E-state index contributed by atoms with van der Waals surface area (Å²) in [5, 5.41) is 6.03. The van der Waals surface area contributed by atoms with Crippen LogP contribution in [0, 0.1) is 5.82 Å². The van der Waals surface area contributed by atoms with Crippen molar-refractivity contribution in [1.82, 2.24) is 10.3 Å². The summed E-state index contributed by atoms with van der Waals surface area (Å²) in [5.41, 5.74) is 1.86. The van der Waals surface area contributed by atoms with Gasteiger partial charge in [-0.2, -0.15) is 0 Å². The van der Waals surface area contributed by atoms with Crippen molar-refractivity contribution in [1.29, 1.82) is 0 Å². The van der Waals surface area contributed by atoms with Crippen LogP contribution in [0.4, 0.5) is 10.1 Å². The van der Waals surface area contributed by atoms with Gasteiger partial charge >= 0.3 is 0 Å². The Kier molecular flexibility index (Phi) is 6.54. The molecule has 1 aromatic carbocycles. The number of nitrogens with one attached hydrogen (secondary N) is 2. The molecule has 1 heterocycles. The zero-order valence-corrected chi connectivity index (χ0v) is 13.3. The van der Waals surface area contributed by atoms with Crippen molar-refractivity contribution in [2.45, 2.75) is 26.2 Å². The quantitative estimate of drug-likeness (QED) is 0.734. The smallest absolute Gasteiger partial charge is 0.269 e. The van der Waals surface area contributed by atoms with E-state index in [2.05, 4.69) is 22.5 Å². The van der Waals surface area contributed by atoms with Crippen LogP contribution in [-0.2, 0) is 6.42 Å². The molecule has 2 aromatic rings. The molecule has 0 radical (unpaired) electrons. The predicted molar refractivity (Wildman–Crippen MR) is 90.1 cm³/mol. The molecule has 0 aliphatic carbocycles. The van der Waals surface area contributed by atoms with Gasteiger partial charge in [-0.15, -0.1) is 0 Å². The van der Waals surface area contributed by atoms with Gasteiger partial charge in [-0.1, -0.05) is 31.5 Å². The van der Waals surface area contributed by atoms with Crippen LogP contribution in [0.1, 0.15) is 35.8 Å². The fourth-order valence-corrected chi connectivity index (χ4v) is 2.18. The molecule has 23 heavy (non-hydrogen) atoms. The maximum Gasteiger partial charge on any atom is 0.269 e. The van der Waals surface area contributed by atoms with Crippen LogP contribution in [0.25, 0.3) is 0 Å². The van der Waals surface area contributed by atoms with Crippen molar-refractivity contribution in [2.24, 2.45) is 0 Å². The van der Waals surface area contributed by atoms with E-state index in [1.54, 1.807) is 30.5 Å². The lowest BCUT2D eigenvalue weighted by Crippen LogP contribution is -2.25. The molecule has 0 aliphatic heterocycles. The molecule has 0 atom stereocenters. The van der Waals surface area contributed by atoms with Gasteiger partial charge in [0.1, 0.15) is 11.5 Å². The number of aromatic nitrogens is 1. The summed E-state index contributed by atoms with van der Waals surface area (Å²) in [4.78, 5) is 16.0. The topological polar surface area (TPSA) is 54.0 Å². The molecule has 0 bridgehead atoms. The third-order valence-corrected chi connectivity index (χ3v) is 3.49. The number of nitrogens with zero attached hydrogens (tertiary/aromatic N) is 1. The normalized spacial score (nSPS) is 10.3. The van der Waals surface area contributed by atoms with Crippen LogP contribution in [0.5, 0.6) is 0 Å². The van der Waals surface area contributed by atoms with Crippen LogP contribution in [0.2, 0.25) is 0 Å². The summed E-state index contributed by atoms with van der Waals surface area (Å²) in [6.07, 6.45) is 4.16. The predicted octanol–water partition coefficient (Wildman–Crippen LogP) is 3.41. The molecule has 1 aromatic heterocycles. The van der Waals surface area contributed by atoms with E-state index < -0.39 is 0 Å². The van der Waals surface area contributed by atoms with Crippen molar-refractivity contribution in [3.63, 3.8) is 0 Å². The van der Waals surface area contributed by atoms with E-state index in [1.165, 1.54) is 6.07 Å². The van der Waals surface area contributed by atoms with Crippen molar-refractivity contribution < 1.29 is 9.18 Å². The van der Waals surface area contributed by atoms with E-state index in [9.17, 15) is 9.18 Å². The maximum atomic E-state index is 13.5. The van der Waals surface area contributed by atoms with E-state index in [4.69, 9.17) is 0 Å². The van der Waals surface area contributed by atoms with Gasteiger partial charge in [-0.25, -0.2) is 4.39 Å². The first-order valence-corrected chi connectivity index (χ1v) is 7.92.